The summed E-state index contributed by atoms with van der Waals surface area (Å²) in [7, 11) is 1.27. The molecule has 1 aliphatic heterocycles. The molecule has 0 saturated carbocycles. The van der Waals surface area contributed by atoms with Gasteiger partial charge in [-0.3, -0.25) is 4.79 Å². The smallest absolute Gasteiger partial charge is 0.337 e. The van der Waals surface area contributed by atoms with Crippen molar-refractivity contribution in [1.82, 2.24) is 14.9 Å². The minimum atomic E-state index is -0.577. The molecular formula is C21H19BrN4O4. The van der Waals surface area contributed by atoms with Crippen LogP contribution in [0.3, 0.4) is 0 Å². The van der Waals surface area contributed by atoms with Crippen LogP contribution in [0, 0.1) is 0 Å². The molecule has 3 aromatic rings. The molecule has 154 valence electrons. The SMILES string of the molecule is COC(=O)C1=C(Nc2ccc3nc(-c4ccc(Br)cc4)[nH]c3c2)C(=O)N(CCO)C1. The molecule has 0 atom stereocenters. The van der Waals surface area contributed by atoms with Gasteiger partial charge in [0.05, 0.1) is 36.9 Å². The third kappa shape index (κ3) is 3.81. The van der Waals surface area contributed by atoms with E-state index in [9.17, 15) is 9.59 Å². The summed E-state index contributed by atoms with van der Waals surface area (Å²) in [6.07, 6.45) is 0. The second kappa shape index (κ2) is 8.29. The van der Waals surface area contributed by atoms with Crippen LogP contribution in [0.25, 0.3) is 22.4 Å². The number of aromatic nitrogens is 2. The highest BCUT2D eigenvalue weighted by atomic mass is 79.9. The summed E-state index contributed by atoms with van der Waals surface area (Å²) < 4.78 is 5.80. The molecule has 30 heavy (non-hydrogen) atoms. The molecule has 0 fully saturated rings. The van der Waals surface area contributed by atoms with Crippen molar-refractivity contribution in [3.8, 4) is 11.4 Å². The van der Waals surface area contributed by atoms with Crippen molar-refractivity contribution in [2.45, 2.75) is 0 Å². The van der Waals surface area contributed by atoms with Crippen molar-refractivity contribution in [1.29, 1.82) is 0 Å². The Balaban J connectivity index is 1.64. The summed E-state index contributed by atoms with van der Waals surface area (Å²) in [4.78, 5) is 34.1. The molecule has 2 heterocycles. The molecule has 3 N–H and O–H groups in total. The Bertz CT molecular complexity index is 1150. The number of ether oxygens (including phenoxy) is 1. The van der Waals surface area contributed by atoms with Gasteiger partial charge in [0.1, 0.15) is 11.5 Å². The minimum Gasteiger partial charge on any atom is -0.466 e. The third-order valence-electron chi connectivity index (χ3n) is 4.82. The second-order valence-corrected chi connectivity index (χ2v) is 7.66. The number of benzene rings is 2. The van der Waals surface area contributed by atoms with Crippen LogP contribution in [-0.4, -0.2) is 58.7 Å². The highest BCUT2D eigenvalue weighted by molar-refractivity contribution is 9.10. The Kier molecular flexibility index (Phi) is 5.56. The predicted molar refractivity (Wildman–Crippen MR) is 116 cm³/mol. The molecule has 0 spiro atoms. The maximum atomic E-state index is 12.7. The number of aromatic amines is 1. The highest BCUT2D eigenvalue weighted by Crippen LogP contribution is 2.27. The first-order chi connectivity index (χ1) is 14.5. The van der Waals surface area contributed by atoms with Crippen molar-refractivity contribution in [3.63, 3.8) is 0 Å². The van der Waals surface area contributed by atoms with E-state index in [2.05, 4.69) is 31.2 Å². The standard InChI is InChI=1S/C21H19BrN4O4/c1-30-21(29)15-11-26(8-9-27)20(28)18(15)23-14-6-7-16-17(10-14)25-19(24-16)12-2-4-13(22)5-3-12/h2-7,10,23,27H,8-9,11H2,1H3,(H,24,25). The Morgan fingerprint density at radius 1 is 1.30 bits per heavy atom. The predicted octanol–water partition coefficient (Wildman–Crippen LogP) is 2.67. The van der Waals surface area contributed by atoms with Gasteiger partial charge >= 0.3 is 5.97 Å². The van der Waals surface area contributed by atoms with Gasteiger partial charge in [0, 0.05) is 22.3 Å². The van der Waals surface area contributed by atoms with E-state index < -0.39 is 5.97 Å². The lowest BCUT2D eigenvalue weighted by Crippen LogP contribution is -2.31. The van der Waals surface area contributed by atoms with Gasteiger partial charge in [0.15, 0.2) is 0 Å². The number of carbonyl (C=O) groups excluding carboxylic acids is 2. The monoisotopic (exact) mass is 470 g/mol. The third-order valence-corrected chi connectivity index (χ3v) is 5.35. The fourth-order valence-corrected chi connectivity index (χ4v) is 3.59. The van der Waals surface area contributed by atoms with Crippen molar-refractivity contribution >= 4 is 44.5 Å². The summed E-state index contributed by atoms with van der Waals surface area (Å²) in [6, 6.07) is 13.3. The summed E-state index contributed by atoms with van der Waals surface area (Å²) in [5.74, 6) is -0.202. The minimum absolute atomic E-state index is 0.0917. The molecule has 1 amide bonds. The number of nitrogens with one attached hydrogen (secondary N) is 2. The van der Waals surface area contributed by atoms with Crippen LogP contribution >= 0.6 is 15.9 Å². The number of H-pyrrole nitrogens is 1. The number of aliphatic hydroxyl groups excluding tert-OH is 1. The van der Waals surface area contributed by atoms with Crippen LogP contribution < -0.4 is 5.32 Å². The highest BCUT2D eigenvalue weighted by Gasteiger charge is 2.34. The van der Waals surface area contributed by atoms with Crippen LogP contribution in [0.5, 0.6) is 0 Å². The average Bonchev–Trinajstić information content (AvgIpc) is 3.30. The first kappa shape index (κ1) is 20.1. The lowest BCUT2D eigenvalue weighted by atomic mass is 10.2. The van der Waals surface area contributed by atoms with Gasteiger partial charge in [0.2, 0.25) is 0 Å². The number of imidazole rings is 1. The number of nitrogens with zero attached hydrogens (tertiary/aromatic N) is 2. The lowest BCUT2D eigenvalue weighted by Gasteiger charge is -2.15. The zero-order valence-electron chi connectivity index (χ0n) is 16.1. The van der Waals surface area contributed by atoms with Gasteiger partial charge < -0.3 is 25.0 Å². The molecule has 0 unspecified atom stereocenters. The van der Waals surface area contributed by atoms with Crippen LogP contribution in [0.15, 0.2) is 58.2 Å². The number of rotatable bonds is 6. The maximum Gasteiger partial charge on any atom is 0.337 e. The van der Waals surface area contributed by atoms with E-state index in [0.717, 1.165) is 26.9 Å². The van der Waals surface area contributed by atoms with Crippen molar-refractivity contribution in [2.75, 3.05) is 32.1 Å². The number of hydrogen-bond acceptors (Lipinski definition) is 6. The molecule has 0 radical (unpaired) electrons. The van der Waals surface area contributed by atoms with Gasteiger partial charge in [-0.05, 0) is 30.3 Å². The van der Waals surface area contributed by atoms with Gasteiger partial charge in [-0.25, -0.2) is 9.78 Å². The first-order valence-electron chi connectivity index (χ1n) is 9.24. The zero-order chi connectivity index (χ0) is 21.3. The number of fused-ring (bicyclic) bond motifs is 1. The van der Waals surface area contributed by atoms with Gasteiger partial charge in [-0.1, -0.05) is 28.1 Å². The number of amides is 1. The molecule has 0 saturated heterocycles. The van der Waals surface area contributed by atoms with Gasteiger partial charge in [-0.15, -0.1) is 0 Å². The molecule has 1 aromatic heterocycles. The number of halogens is 1. The van der Waals surface area contributed by atoms with E-state index in [1.807, 2.05) is 36.4 Å². The van der Waals surface area contributed by atoms with Gasteiger partial charge in [0.25, 0.3) is 5.91 Å². The largest absolute Gasteiger partial charge is 0.466 e. The van der Waals surface area contributed by atoms with Crippen LogP contribution in [-0.2, 0) is 14.3 Å². The Morgan fingerprint density at radius 3 is 2.77 bits per heavy atom. The summed E-state index contributed by atoms with van der Waals surface area (Å²) in [6.45, 7) is 0.0431. The molecule has 2 aromatic carbocycles. The molecule has 9 heteroatoms. The van der Waals surface area contributed by atoms with E-state index in [-0.39, 0.29) is 36.9 Å². The Hall–Kier alpha value is -3.17. The van der Waals surface area contributed by atoms with Crippen molar-refractivity contribution < 1.29 is 19.4 Å². The van der Waals surface area contributed by atoms with E-state index in [1.54, 1.807) is 6.07 Å². The summed E-state index contributed by atoms with van der Waals surface area (Å²) in [5.41, 5.74) is 3.53. The maximum absolute atomic E-state index is 12.7. The topological polar surface area (TPSA) is 108 Å². The lowest BCUT2D eigenvalue weighted by molar-refractivity contribution is -0.136. The van der Waals surface area contributed by atoms with E-state index in [0.29, 0.717) is 5.69 Å². The molecule has 0 aliphatic carbocycles. The quantitative estimate of drug-likeness (QED) is 0.478. The first-order valence-corrected chi connectivity index (χ1v) is 10.0. The number of anilines is 1. The Labute approximate surface area is 180 Å². The molecule has 0 bridgehead atoms. The number of carbonyl (C=O) groups is 2. The molecule has 8 nitrogen and oxygen atoms in total. The fraction of sp³-hybridized carbons (Fsp3) is 0.190. The van der Waals surface area contributed by atoms with Crippen molar-refractivity contribution in [2.24, 2.45) is 0 Å². The number of methoxy groups -OCH3 is 1. The Morgan fingerprint density at radius 2 is 2.07 bits per heavy atom. The van der Waals surface area contributed by atoms with Crippen LogP contribution in [0.2, 0.25) is 0 Å². The summed E-state index contributed by atoms with van der Waals surface area (Å²) in [5, 5.41) is 12.2. The van der Waals surface area contributed by atoms with Crippen LogP contribution in [0.1, 0.15) is 0 Å². The zero-order valence-corrected chi connectivity index (χ0v) is 17.7. The number of esters is 1. The second-order valence-electron chi connectivity index (χ2n) is 6.74. The van der Waals surface area contributed by atoms with Crippen LogP contribution in [0.4, 0.5) is 5.69 Å². The molecule has 1 aliphatic rings. The van der Waals surface area contributed by atoms with Gasteiger partial charge in [-0.2, -0.15) is 0 Å². The van der Waals surface area contributed by atoms with E-state index >= 15 is 0 Å². The number of β-amino-alcohol motifs (C(OH)–C–C–N with tert-alkyl or cyclic N) is 1. The fourth-order valence-electron chi connectivity index (χ4n) is 3.33. The van der Waals surface area contributed by atoms with Crippen molar-refractivity contribution in [3.05, 3.63) is 58.2 Å². The number of hydrogen-bond donors (Lipinski definition) is 3. The van der Waals surface area contributed by atoms with E-state index in [4.69, 9.17) is 9.84 Å². The number of aliphatic hydroxyl groups is 1. The average molecular weight is 471 g/mol. The summed E-state index contributed by atoms with van der Waals surface area (Å²) >= 11 is 3.42. The molecular weight excluding hydrogens is 452 g/mol. The normalized spacial score (nSPS) is 14.0. The molecule has 4 rings (SSSR count). The van der Waals surface area contributed by atoms with E-state index in [1.165, 1.54) is 12.0 Å².